The van der Waals surface area contributed by atoms with Crippen LogP contribution >= 0.6 is 11.8 Å². The molecule has 4 unspecified atom stereocenters. The number of aliphatic imine (C=N–C) groups is 1. The number of H-pyrrole nitrogens is 1. The lowest BCUT2D eigenvalue weighted by atomic mass is 10.1. The van der Waals surface area contributed by atoms with Gasteiger partial charge in [0.05, 0.1) is 12.4 Å². The summed E-state index contributed by atoms with van der Waals surface area (Å²) < 4.78 is 0. The third-order valence-corrected chi connectivity index (χ3v) is 6.07. The number of carbonyl (C=O) groups excluding carboxylic acids is 3. The number of nitrogens with two attached hydrogens (primary N) is 3. The highest BCUT2D eigenvalue weighted by atomic mass is 32.2. The molecule has 0 fully saturated rings. The van der Waals surface area contributed by atoms with Crippen molar-refractivity contribution in [3.63, 3.8) is 0 Å². The van der Waals surface area contributed by atoms with Crippen LogP contribution in [0.15, 0.2) is 17.5 Å². The molecular weight excluding hydrogens is 534 g/mol. The third-order valence-electron chi connectivity index (χ3n) is 5.42. The first-order chi connectivity index (χ1) is 18.4. The van der Waals surface area contributed by atoms with E-state index >= 15 is 0 Å². The summed E-state index contributed by atoms with van der Waals surface area (Å²) in [5, 5.41) is 25.8. The van der Waals surface area contributed by atoms with Gasteiger partial charge in [-0.1, -0.05) is 0 Å². The second-order valence-corrected chi connectivity index (χ2v) is 9.56. The molecule has 1 rings (SSSR count). The monoisotopic (exact) mass is 571 g/mol. The van der Waals surface area contributed by atoms with Crippen LogP contribution in [-0.2, 0) is 30.4 Å². The summed E-state index contributed by atoms with van der Waals surface area (Å²) in [7, 11) is 0. The van der Waals surface area contributed by atoms with Gasteiger partial charge in [0.15, 0.2) is 5.96 Å². The Hall–Kier alpha value is -3.86. The van der Waals surface area contributed by atoms with Gasteiger partial charge in [-0.25, -0.2) is 9.78 Å². The van der Waals surface area contributed by atoms with Gasteiger partial charge in [0.1, 0.15) is 18.1 Å². The van der Waals surface area contributed by atoms with Crippen LogP contribution in [0, 0.1) is 0 Å². The molecule has 0 aromatic carbocycles. The topological polar surface area (TPSA) is 281 Å². The van der Waals surface area contributed by atoms with Crippen molar-refractivity contribution in [1.82, 2.24) is 25.9 Å². The number of carboxylic acid groups (broad SMARTS) is 2. The van der Waals surface area contributed by atoms with Crippen LogP contribution in [0.1, 0.15) is 37.8 Å². The van der Waals surface area contributed by atoms with Crippen LogP contribution in [-0.4, -0.2) is 98.5 Å². The van der Waals surface area contributed by atoms with Gasteiger partial charge in [-0.2, -0.15) is 11.8 Å². The van der Waals surface area contributed by atoms with Crippen molar-refractivity contribution in [2.45, 2.75) is 62.7 Å². The number of imidazole rings is 1. The Labute approximate surface area is 229 Å². The van der Waals surface area contributed by atoms with Crippen molar-refractivity contribution < 1.29 is 34.2 Å². The van der Waals surface area contributed by atoms with Crippen molar-refractivity contribution >= 4 is 47.4 Å². The highest BCUT2D eigenvalue weighted by Gasteiger charge is 2.30. The van der Waals surface area contributed by atoms with Gasteiger partial charge in [0.25, 0.3) is 0 Å². The first-order valence-electron chi connectivity index (χ1n) is 12.1. The molecule has 17 heteroatoms. The summed E-state index contributed by atoms with van der Waals surface area (Å²) in [5.41, 5.74) is 16.9. The summed E-state index contributed by atoms with van der Waals surface area (Å²) in [4.78, 5) is 71.9. The number of aromatic amines is 1. The Bertz CT molecular complexity index is 987. The molecule has 0 radical (unpaired) electrons. The molecule has 12 N–H and O–H groups in total. The number of carboxylic acids is 2. The molecule has 0 saturated heterocycles. The maximum absolute atomic E-state index is 13.3. The highest BCUT2D eigenvalue weighted by molar-refractivity contribution is 7.98. The van der Waals surface area contributed by atoms with E-state index < -0.39 is 53.8 Å². The maximum atomic E-state index is 13.3. The zero-order valence-electron chi connectivity index (χ0n) is 21.6. The number of hydrogen-bond donors (Lipinski definition) is 9. The van der Waals surface area contributed by atoms with Gasteiger partial charge in [-0.3, -0.25) is 24.2 Å². The Balaban J connectivity index is 3.08. The minimum absolute atomic E-state index is 0.0424. The number of nitrogens with zero attached hydrogens (tertiary/aromatic N) is 2. The molecule has 0 saturated carbocycles. The van der Waals surface area contributed by atoms with Crippen molar-refractivity contribution in [3.05, 3.63) is 18.2 Å². The predicted octanol–water partition coefficient (Wildman–Crippen LogP) is -2.51. The molecule has 39 heavy (non-hydrogen) atoms. The van der Waals surface area contributed by atoms with E-state index in [1.807, 2.05) is 0 Å². The number of guanidine groups is 1. The van der Waals surface area contributed by atoms with E-state index in [9.17, 15) is 29.1 Å². The van der Waals surface area contributed by atoms with Crippen molar-refractivity contribution in [2.75, 3.05) is 18.6 Å². The van der Waals surface area contributed by atoms with Crippen LogP contribution in [0.25, 0.3) is 0 Å². The fourth-order valence-corrected chi connectivity index (χ4v) is 3.80. The molecule has 0 bridgehead atoms. The Morgan fingerprint density at radius 1 is 1.00 bits per heavy atom. The number of carbonyl (C=O) groups is 5. The van der Waals surface area contributed by atoms with Crippen molar-refractivity contribution in [1.29, 1.82) is 0 Å². The first-order valence-corrected chi connectivity index (χ1v) is 13.5. The summed E-state index contributed by atoms with van der Waals surface area (Å²) in [5.74, 6) is -4.25. The molecule has 1 aromatic heterocycles. The van der Waals surface area contributed by atoms with E-state index in [1.165, 1.54) is 24.3 Å². The maximum Gasteiger partial charge on any atom is 0.326 e. The zero-order chi connectivity index (χ0) is 29.4. The lowest BCUT2D eigenvalue weighted by molar-refractivity contribution is -0.142. The molecule has 0 spiro atoms. The normalized spacial score (nSPS) is 13.8. The highest BCUT2D eigenvalue weighted by Crippen LogP contribution is 2.07. The molecule has 1 heterocycles. The minimum Gasteiger partial charge on any atom is -0.481 e. The lowest BCUT2D eigenvalue weighted by Crippen LogP contribution is -2.57. The van der Waals surface area contributed by atoms with E-state index in [4.69, 9.17) is 22.3 Å². The predicted molar refractivity (Wildman–Crippen MR) is 143 cm³/mol. The summed E-state index contributed by atoms with van der Waals surface area (Å²) in [6.45, 7) is 0.154. The lowest BCUT2D eigenvalue weighted by Gasteiger charge is -2.25. The van der Waals surface area contributed by atoms with E-state index in [2.05, 4.69) is 30.9 Å². The van der Waals surface area contributed by atoms with E-state index in [0.717, 1.165) is 0 Å². The molecule has 4 atom stereocenters. The number of rotatable bonds is 19. The van der Waals surface area contributed by atoms with E-state index in [0.29, 0.717) is 11.4 Å². The number of amides is 3. The average molecular weight is 572 g/mol. The molecule has 16 nitrogen and oxygen atoms in total. The zero-order valence-corrected chi connectivity index (χ0v) is 22.4. The molecule has 0 aliphatic rings. The minimum atomic E-state index is -1.22. The van der Waals surface area contributed by atoms with Crippen LogP contribution in [0.2, 0.25) is 0 Å². The summed E-state index contributed by atoms with van der Waals surface area (Å²) in [6, 6.07) is -4.75. The van der Waals surface area contributed by atoms with Crippen LogP contribution in [0.5, 0.6) is 0 Å². The number of aliphatic carboxylic acids is 2. The number of thioether (sulfide) groups is 1. The van der Waals surface area contributed by atoms with Gasteiger partial charge in [0, 0.05) is 31.3 Å². The average Bonchev–Trinajstić information content (AvgIpc) is 3.38. The molecule has 3 amide bonds. The number of hydrogen-bond acceptors (Lipinski definition) is 9. The number of nitrogens with one attached hydrogen (secondary N) is 4. The quantitative estimate of drug-likeness (QED) is 0.0473. The van der Waals surface area contributed by atoms with Crippen LogP contribution in [0.4, 0.5) is 0 Å². The molecule has 0 aliphatic heterocycles. The van der Waals surface area contributed by atoms with Gasteiger partial charge < -0.3 is 48.3 Å². The summed E-state index contributed by atoms with van der Waals surface area (Å²) in [6.07, 6.45) is 4.60. The number of aromatic nitrogens is 2. The SMILES string of the molecule is CSCCC(NC(=O)C(Cc1cnc[nH]1)NC(=O)C(CCCN=C(N)N)NC(=O)C(N)CCC(=O)O)C(=O)O. The third kappa shape index (κ3) is 13.5. The van der Waals surface area contributed by atoms with Crippen LogP contribution < -0.4 is 33.2 Å². The van der Waals surface area contributed by atoms with Gasteiger partial charge in [-0.05, 0) is 37.7 Å². The fraction of sp³-hybridized carbons (Fsp3) is 0.591. The van der Waals surface area contributed by atoms with E-state index in [-0.39, 0.29) is 51.0 Å². The van der Waals surface area contributed by atoms with Gasteiger partial charge >= 0.3 is 11.9 Å². The van der Waals surface area contributed by atoms with Gasteiger partial charge in [-0.15, -0.1) is 0 Å². The molecule has 1 aromatic rings. The Morgan fingerprint density at radius 2 is 1.64 bits per heavy atom. The van der Waals surface area contributed by atoms with E-state index in [1.54, 1.807) is 6.26 Å². The molecular formula is C22H37N9O7S. The Morgan fingerprint density at radius 3 is 2.21 bits per heavy atom. The second kappa shape index (κ2) is 17.6. The summed E-state index contributed by atoms with van der Waals surface area (Å²) >= 11 is 1.42. The van der Waals surface area contributed by atoms with Gasteiger partial charge in [0.2, 0.25) is 17.7 Å². The molecule has 0 aliphatic carbocycles. The Kier molecular flexibility index (Phi) is 15.0. The standard InChI is InChI=1S/C22H37N9O7S/c1-39-8-6-15(21(37)38)30-20(36)16(9-12-10-26-11-28-12)31-19(35)14(3-2-7-27-22(24)25)29-18(34)13(23)4-5-17(32)33/h10-11,13-16H,2-9,23H2,1H3,(H,26,28)(H,29,34)(H,30,36)(H,31,35)(H,32,33)(H,37,38)(H4,24,25,27). The molecule has 218 valence electrons. The fourth-order valence-electron chi connectivity index (χ4n) is 3.32. The van der Waals surface area contributed by atoms with Crippen molar-refractivity contribution in [3.8, 4) is 0 Å². The first kappa shape index (κ1) is 33.2. The second-order valence-electron chi connectivity index (χ2n) is 8.57. The van der Waals surface area contributed by atoms with Crippen molar-refractivity contribution in [2.24, 2.45) is 22.2 Å². The van der Waals surface area contributed by atoms with Crippen LogP contribution in [0.3, 0.4) is 0 Å². The largest absolute Gasteiger partial charge is 0.481 e. The smallest absolute Gasteiger partial charge is 0.326 e.